The summed E-state index contributed by atoms with van der Waals surface area (Å²) in [6.45, 7) is -3.16. The van der Waals surface area contributed by atoms with Gasteiger partial charge in [0, 0.05) is 0 Å². The van der Waals surface area contributed by atoms with E-state index in [0.29, 0.717) is 0 Å². The first-order valence-electron chi connectivity index (χ1n) is 10.6. The molecule has 140 valence electrons. The van der Waals surface area contributed by atoms with Crippen LogP contribution in [0.25, 0.3) is 0 Å². The van der Waals surface area contributed by atoms with Gasteiger partial charge in [-0.25, -0.2) is 0 Å². The molecule has 0 aliphatic heterocycles. The van der Waals surface area contributed by atoms with E-state index < -0.39 is 6.72 Å². The molecule has 0 heterocycles. The molecular weight excluding hydrogens is 351 g/mol. The van der Waals surface area contributed by atoms with Crippen LogP contribution in [0.15, 0.2) is 0 Å². The van der Waals surface area contributed by atoms with Crippen molar-refractivity contribution in [2.75, 3.05) is 0 Å². The van der Waals surface area contributed by atoms with E-state index in [9.17, 15) is 4.89 Å². The van der Waals surface area contributed by atoms with Gasteiger partial charge < -0.3 is 13.9 Å². The lowest BCUT2D eigenvalue weighted by molar-refractivity contribution is -0.142. The minimum absolute atomic E-state index is 0.151. The largest absolute Gasteiger partial charge is 0.325 e. The van der Waals surface area contributed by atoms with Crippen molar-refractivity contribution in [3.63, 3.8) is 0 Å². The van der Waals surface area contributed by atoms with Gasteiger partial charge in [-0.2, -0.15) is 0 Å². The van der Waals surface area contributed by atoms with Crippen molar-refractivity contribution in [3.05, 3.63) is 0 Å². The third-order valence-corrected chi connectivity index (χ3v) is 10.3. The Morgan fingerprint density at radius 3 is 1.08 bits per heavy atom. The first-order valence-corrected chi connectivity index (χ1v) is 13.2. The highest BCUT2D eigenvalue weighted by atomic mass is 32.5. The molecule has 3 nitrogen and oxygen atoms in total. The lowest BCUT2D eigenvalue weighted by Gasteiger charge is -2.58. The highest BCUT2D eigenvalue weighted by Crippen LogP contribution is 2.66. The van der Waals surface area contributed by atoms with E-state index in [1.807, 2.05) is 0 Å². The molecule has 8 fully saturated rings. The minimum Gasteiger partial charge on any atom is -0.324 e. The van der Waals surface area contributed by atoms with Crippen LogP contribution in [0.4, 0.5) is 0 Å². The fourth-order valence-electron chi connectivity index (χ4n) is 8.79. The van der Waals surface area contributed by atoms with Gasteiger partial charge in [-0.3, -0.25) is 0 Å². The van der Waals surface area contributed by atoms with Gasteiger partial charge in [-0.05, 0) is 124 Å². The summed E-state index contributed by atoms with van der Waals surface area (Å²) >= 11 is 5.64. The SMILES string of the molecule is OP(=S)(OC12CC3CC(CC(C3)C1)C2)OC12CC3CC(CC(C3)C1)C2. The van der Waals surface area contributed by atoms with Crippen molar-refractivity contribution in [2.45, 2.75) is 88.3 Å². The number of hydrogen-bond donors (Lipinski definition) is 1. The van der Waals surface area contributed by atoms with Gasteiger partial charge in [-0.15, -0.1) is 0 Å². The predicted molar refractivity (Wildman–Crippen MR) is 100 cm³/mol. The maximum atomic E-state index is 11.1. The molecule has 0 unspecified atom stereocenters. The molecule has 25 heavy (non-hydrogen) atoms. The molecule has 0 spiro atoms. The smallest absolute Gasteiger partial charge is 0.324 e. The van der Waals surface area contributed by atoms with Crippen molar-refractivity contribution in [2.24, 2.45) is 35.5 Å². The molecule has 1 N–H and O–H groups in total. The summed E-state index contributed by atoms with van der Waals surface area (Å²) < 4.78 is 12.9. The summed E-state index contributed by atoms with van der Waals surface area (Å²) in [6, 6.07) is 0. The number of hydrogen-bond acceptors (Lipinski definition) is 3. The molecule has 8 saturated carbocycles. The molecule has 0 radical (unpaired) electrons. The summed E-state index contributed by atoms with van der Waals surface area (Å²) in [5.41, 5.74) is -0.303. The number of rotatable bonds is 4. The Morgan fingerprint density at radius 2 is 0.840 bits per heavy atom. The van der Waals surface area contributed by atoms with E-state index in [-0.39, 0.29) is 11.2 Å². The van der Waals surface area contributed by atoms with Crippen LogP contribution in [-0.2, 0) is 20.9 Å². The summed E-state index contributed by atoms with van der Waals surface area (Å²) in [5.74, 6) is 4.84. The average Bonchev–Trinajstić information content (AvgIpc) is 2.40. The standard InChI is InChI=1S/C20H31O3PS/c21-24(25,22-19-7-13-1-14(8-19)3-15(2-13)9-19)23-20-10-16-4-17(11-20)6-18(5-16)12-20/h13-18H,1-12H2,(H,21,25). The maximum Gasteiger partial charge on any atom is 0.325 e. The Labute approximate surface area is 156 Å². The van der Waals surface area contributed by atoms with Gasteiger partial charge in [0.05, 0.1) is 11.2 Å². The van der Waals surface area contributed by atoms with Crippen LogP contribution >= 0.6 is 6.72 Å². The molecule has 8 aliphatic rings. The minimum atomic E-state index is -3.16. The van der Waals surface area contributed by atoms with Crippen molar-refractivity contribution >= 4 is 18.5 Å². The predicted octanol–water partition coefficient (Wildman–Crippen LogP) is 5.17. The van der Waals surface area contributed by atoms with Crippen LogP contribution in [0.5, 0.6) is 0 Å². The Kier molecular flexibility index (Phi) is 3.51. The van der Waals surface area contributed by atoms with Crippen molar-refractivity contribution in [1.82, 2.24) is 0 Å². The molecule has 0 aromatic rings. The van der Waals surface area contributed by atoms with E-state index in [1.165, 1.54) is 38.5 Å². The van der Waals surface area contributed by atoms with Crippen LogP contribution in [0, 0.1) is 35.5 Å². The molecule has 0 aromatic heterocycles. The molecule has 5 heteroatoms. The van der Waals surface area contributed by atoms with Crippen LogP contribution in [0.1, 0.15) is 77.0 Å². The van der Waals surface area contributed by atoms with Gasteiger partial charge >= 0.3 is 6.72 Å². The Balaban J connectivity index is 1.21. The molecule has 8 rings (SSSR count). The third kappa shape index (κ3) is 2.81. The van der Waals surface area contributed by atoms with Crippen LogP contribution < -0.4 is 0 Å². The molecule has 8 aliphatic carbocycles. The zero-order chi connectivity index (χ0) is 16.9. The topological polar surface area (TPSA) is 38.7 Å². The molecule has 0 saturated heterocycles. The zero-order valence-electron chi connectivity index (χ0n) is 15.1. The third-order valence-electron chi connectivity index (χ3n) is 8.58. The lowest BCUT2D eigenvalue weighted by atomic mass is 9.54. The first kappa shape index (κ1) is 16.5. The van der Waals surface area contributed by atoms with E-state index >= 15 is 0 Å². The molecule has 0 aromatic carbocycles. The second-order valence-corrected chi connectivity index (χ2v) is 13.5. The van der Waals surface area contributed by atoms with E-state index in [1.54, 1.807) is 0 Å². The van der Waals surface area contributed by atoms with Gasteiger partial charge in [-0.1, -0.05) is 0 Å². The van der Waals surface area contributed by atoms with Crippen LogP contribution in [0.2, 0.25) is 0 Å². The summed E-state index contributed by atoms with van der Waals surface area (Å²) in [6.07, 6.45) is 15.0. The molecular formula is C20H31O3PS. The monoisotopic (exact) mass is 382 g/mol. The Morgan fingerprint density at radius 1 is 0.600 bits per heavy atom. The second-order valence-electron chi connectivity index (χ2n) is 10.9. The lowest BCUT2D eigenvalue weighted by Crippen LogP contribution is -2.53. The van der Waals surface area contributed by atoms with E-state index in [0.717, 1.165) is 74.0 Å². The first-order chi connectivity index (χ1) is 11.9. The highest BCUT2D eigenvalue weighted by Gasteiger charge is 2.57. The van der Waals surface area contributed by atoms with Crippen LogP contribution in [0.3, 0.4) is 0 Å². The van der Waals surface area contributed by atoms with Crippen molar-refractivity contribution in [1.29, 1.82) is 0 Å². The van der Waals surface area contributed by atoms with Crippen LogP contribution in [-0.4, -0.2) is 16.1 Å². The highest BCUT2D eigenvalue weighted by molar-refractivity contribution is 8.07. The van der Waals surface area contributed by atoms with Crippen molar-refractivity contribution in [3.8, 4) is 0 Å². The molecule has 0 atom stereocenters. The molecule has 8 bridgehead atoms. The Hall–Kier alpha value is 0.530. The fraction of sp³-hybridized carbons (Fsp3) is 1.00. The summed E-state index contributed by atoms with van der Waals surface area (Å²) in [5, 5.41) is 0. The Bertz CT molecular complexity index is 512. The van der Waals surface area contributed by atoms with Gasteiger partial charge in [0.1, 0.15) is 0 Å². The van der Waals surface area contributed by atoms with Gasteiger partial charge in [0.2, 0.25) is 0 Å². The van der Waals surface area contributed by atoms with E-state index in [4.69, 9.17) is 20.9 Å². The van der Waals surface area contributed by atoms with Gasteiger partial charge in [0.25, 0.3) is 0 Å². The summed E-state index contributed by atoms with van der Waals surface area (Å²) in [7, 11) is 0. The van der Waals surface area contributed by atoms with E-state index in [2.05, 4.69) is 0 Å². The maximum absolute atomic E-state index is 11.1. The zero-order valence-corrected chi connectivity index (χ0v) is 16.8. The quantitative estimate of drug-likeness (QED) is 0.681. The van der Waals surface area contributed by atoms with Gasteiger partial charge in [0.15, 0.2) is 0 Å². The normalized spacial score (nSPS) is 57.8. The second kappa shape index (κ2) is 5.32. The fourth-order valence-corrected chi connectivity index (χ4v) is 11.2. The van der Waals surface area contributed by atoms with Crippen molar-refractivity contribution < 1.29 is 13.9 Å². The molecule has 0 amide bonds. The summed E-state index contributed by atoms with van der Waals surface area (Å²) in [4.78, 5) is 11.1. The average molecular weight is 383 g/mol.